The van der Waals surface area contributed by atoms with Gasteiger partial charge in [-0.1, -0.05) is 36.8 Å². The van der Waals surface area contributed by atoms with Gasteiger partial charge in [-0.05, 0) is 31.0 Å². The summed E-state index contributed by atoms with van der Waals surface area (Å²) >= 11 is 0. The highest BCUT2D eigenvalue weighted by molar-refractivity contribution is 5.96. The molecule has 0 aromatic heterocycles. The zero-order valence-electron chi connectivity index (χ0n) is 18.5. The Kier molecular flexibility index (Phi) is 7.73. The number of nitrogens with zero attached hydrogens (tertiary/aromatic N) is 2. The first-order valence-electron chi connectivity index (χ1n) is 10.7. The quantitative estimate of drug-likeness (QED) is 0.611. The summed E-state index contributed by atoms with van der Waals surface area (Å²) in [5, 5.41) is 2.18. The molecule has 0 bridgehead atoms. The van der Waals surface area contributed by atoms with Gasteiger partial charge in [0.05, 0.1) is 18.2 Å². The molecule has 1 unspecified atom stereocenters. The molecule has 9 heteroatoms. The van der Waals surface area contributed by atoms with E-state index in [1.165, 1.54) is 4.90 Å². The fourth-order valence-electron chi connectivity index (χ4n) is 3.79. The molecule has 1 heterocycles. The monoisotopic (exact) mass is 461 g/mol. The van der Waals surface area contributed by atoms with Crippen molar-refractivity contribution in [2.45, 2.75) is 33.2 Å². The largest absolute Gasteiger partial charge is 0.338 e. The topological polar surface area (TPSA) is 69.7 Å². The van der Waals surface area contributed by atoms with Crippen LogP contribution in [0.1, 0.15) is 30.9 Å². The maximum absolute atomic E-state index is 13.8. The van der Waals surface area contributed by atoms with Crippen molar-refractivity contribution in [3.63, 3.8) is 0 Å². The number of hydrogen-bond donors (Lipinski definition) is 1. The molecule has 1 aliphatic rings. The Morgan fingerprint density at radius 3 is 2.45 bits per heavy atom. The molecule has 1 fully saturated rings. The number of carbonyl (C=O) groups excluding carboxylic acids is 3. The minimum atomic E-state index is -1.69. The summed E-state index contributed by atoms with van der Waals surface area (Å²) in [4.78, 5) is 40.9. The number of benzene rings is 2. The van der Waals surface area contributed by atoms with Crippen LogP contribution in [0.5, 0.6) is 0 Å². The fourth-order valence-corrected chi connectivity index (χ4v) is 3.79. The van der Waals surface area contributed by atoms with Gasteiger partial charge < -0.3 is 15.1 Å². The second-order valence-electron chi connectivity index (χ2n) is 8.19. The summed E-state index contributed by atoms with van der Waals surface area (Å²) in [5.41, 5.74) is 1.56. The molecule has 0 saturated carbocycles. The normalized spacial score (nSPS) is 15.6. The lowest BCUT2D eigenvalue weighted by Gasteiger charge is -2.25. The molecule has 1 atom stereocenters. The van der Waals surface area contributed by atoms with Gasteiger partial charge in [0.2, 0.25) is 17.7 Å². The fraction of sp³-hybridized carbons (Fsp3) is 0.375. The van der Waals surface area contributed by atoms with Gasteiger partial charge in [0.25, 0.3) is 0 Å². The van der Waals surface area contributed by atoms with E-state index in [9.17, 15) is 27.6 Å². The number of hydrogen-bond acceptors (Lipinski definition) is 3. The minimum Gasteiger partial charge on any atom is -0.338 e. The van der Waals surface area contributed by atoms with Crippen molar-refractivity contribution in [2.24, 2.45) is 5.92 Å². The Morgan fingerprint density at radius 1 is 1.09 bits per heavy atom. The molecule has 3 amide bonds. The van der Waals surface area contributed by atoms with Crippen LogP contribution in [-0.4, -0.2) is 47.2 Å². The molecule has 3 rings (SSSR count). The van der Waals surface area contributed by atoms with Crippen LogP contribution in [0, 0.1) is 30.3 Å². The Bertz CT molecular complexity index is 1040. The van der Waals surface area contributed by atoms with Crippen molar-refractivity contribution in [3.05, 3.63) is 65.0 Å². The first-order valence-corrected chi connectivity index (χ1v) is 10.7. The lowest BCUT2D eigenvalue weighted by molar-refractivity contribution is -0.138. The molecule has 1 saturated heterocycles. The van der Waals surface area contributed by atoms with Gasteiger partial charge in [-0.3, -0.25) is 14.4 Å². The Morgan fingerprint density at radius 2 is 1.79 bits per heavy atom. The maximum atomic E-state index is 13.8. The molecule has 0 radical (unpaired) electrons. The van der Waals surface area contributed by atoms with E-state index < -0.39 is 41.5 Å². The molecule has 1 N–H and O–H groups in total. The van der Waals surface area contributed by atoms with E-state index in [2.05, 4.69) is 5.32 Å². The van der Waals surface area contributed by atoms with Crippen LogP contribution in [0.15, 0.2) is 36.4 Å². The second-order valence-corrected chi connectivity index (χ2v) is 8.19. The second kappa shape index (κ2) is 10.5. The van der Waals surface area contributed by atoms with Crippen molar-refractivity contribution in [2.75, 3.05) is 25.0 Å². The third-order valence-electron chi connectivity index (χ3n) is 5.51. The molecule has 33 heavy (non-hydrogen) atoms. The highest BCUT2D eigenvalue weighted by atomic mass is 19.2. The van der Waals surface area contributed by atoms with E-state index >= 15 is 0 Å². The maximum Gasteiger partial charge on any atom is 0.244 e. The molecule has 6 nitrogen and oxygen atoms in total. The van der Waals surface area contributed by atoms with E-state index in [4.69, 9.17) is 0 Å². The standard InChI is InChI=1S/C24H26F3N3O3/c1-3-10-29(14-20(31)28-19-9-8-18(25)22(26)23(19)27)24(33)17-11-21(32)30(13-17)12-16-6-4-15(2)5-7-16/h4-9,17H,3,10-14H2,1-2H3,(H,28,31). The highest BCUT2D eigenvalue weighted by Gasteiger charge is 2.36. The average molecular weight is 461 g/mol. The van der Waals surface area contributed by atoms with Crippen LogP contribution in [0.25, 0.3) is 0 Å². The number of anilines is 1. The van der Waals surface area contributed by atoms with Crippen molar-refractivity contribution in [1.82, 2.24) is 9.80 Å². The first kappa shape index (κ1) is 24.3. The summed E-state index contributed by atoms with van der Waals surface area (Å²) in [6.07, 6.45) is 0.608. The van der Waals surface area contributed by atoms with Crippen LogP contribution in [-0.2, 0) is 20.9 Å². The van der Waals surface area contributed by atoms with Gasteiger partial charge in [0.15, 0.2) is 17.5 Å². The minimum absolute atomic E-state index is 0.0460. The van der Waals surface area contributed by atoms with Crippen molar-refractivity contribution >= 4 is 23.4 Å². The van der Waals surface area contributed by atoms with E-state index in [-0.39, 0.29) is 31.3 Å². The van der Waals surface area contributed by atoms with Gasteiger partial charge in [0, 0.05) is 26.1 Å². The van der Waals surface area contributed by atoms with Gasteiger partial charge >= 0.3 is 0 Å². The van der Waals surface area contributed by atoms with Crippen molar-refractivity contribution < 1.29 is 27.6 Å². The van der Waals surface area contributed by atoms with Crippen molar-refractivity contribution in [3.8, 4) is 0 Å². The van der Waals surface area contributed by atoms with Gasteiger partial charge in [-0.2, -0.15) is 0 Å². The summed E-state index contributed by atoms with van der Waals surface area (Å²) in [6, 6.07) is 9.39. The summed E-state index contributed by atoms with van der Waals surface area (Å²) < 4.78 is 40.3. The molecule has 0 spiro atoms. The van der Waals surface area contributed by atoms with Crippen molar-refractivity contribution in [1.29, 1.82) is 0 Å². The van der Waals surface area contributed by atoms with Crippen LogP contribution in [0.3, 0.4) is 0 Å². The molecular weight excluding hydrogens is 435 g/mol. The van der Waals surface area contributed by atoms with Gasteiger partial charge in [0.1, 0.15) is 0 Å². The Balaban J connectivity index is 1.63. The van der Waals surface area contributed by atoms with Crippen LogP contribution in [0.2, 0.25) is 0 Å². The zero-order chi connectivity index (χ0) is 24.1. The predicted octanol–water partition coefficient (Wildman–Crippen LogP) is 3.64. The summed E-state index contributed by atoms with van der Waals surface area (Å²) in [6.45, 7) is 4.30. The number of rotatable bonds is 8. The molecular formula is C24H26F3N3O3. The lowest BCUT2D eigenvalue weighted by atomic mass is 10.1. The zero-order valence-corrected chi connectivity index (χ0v) is 18.5. The first-order chi connectivity index (χ1) is 15.7. The molecule has 176 valence electrons. The molecule has 0 aliphatic carbocycles. The summed E-state index contributed by atoms with van der Waals surface area (Å²) in [5.74, 6) is -6.40. The third kappa shape index (κ3) is 5.91. The van der Waals surface area contributed by atoms with E-state index in [1.54, 1.807) is 4.90 Å². The predicted molar refractivity (Wildman–Crippen MR) is 117 cm³/mol. The number of likely N-dealkylation sites (tertiary alicyclic amines) is 1. The smallest absolute Gasteiger partial charge is 0.244 e. The number of carbonyl (C=O) groups is 3. The van der Waals surface area contributed by atoms with Gasteiger partial charge in [-0.15, -0.1) is 0 Å². The SMILES string of the molecule is CCCN(CC(=O)Nc1ccc(F)c(F)c1F)C(=O)C1CC(=O)N(Cc2ccc(C)cc2)C1. The Hall–Kier alpha value is -3.36. The summed E-state index contributed by atoms with van der Waals surface area (Å²) in [7, 11) is 0. The van der Waals surface area contributed by atoms with Crippen LogP contribution < -0.4 is 5.32 Å². The third-order valence-corrected chi connectivity index (χ3v) is 5.51. The average Bonchev–Trinajstić information content (AvgIpc) is 3.15. The lowest BCUT2D eigenvalue weighted by Crippen LogP contribution is -2.42. The van der Waals surface area contributed by atoms with E-state index in [1.807, 2.05) is 38.1 Å². The molecule has 2 aromatic carbocycles. The van der Waals surface area contributed by atoms with Crippen LogP contribution in [0.4, 0.5) is 18.9 Å². The van der Waals surface area contributed by atoms with Gasteiger partial charge in [-0.25, -0.2) is 13.2 Å². The molecule has 1 aliphatic heterocycles. The number of halogens is 3. The number of aryl methyl sites for hydroxylation is 1. The number of amides is 3. The van der Waals surface area contributed by atoms with Crippen LogP contribution >= 0.6 is 0 Å². The molecule has 2 aromatic rings. The number of nitrogens with one attached hydrogen (secondary N) is 1. The highest BCUT2D eigenvalue weighted by Crippen LogP contribution is 2.23. The van der Waals surface area contributed by atoms with E-state index in [0.29, 0.717) is 19.0 Å². The Labute approximate surface area is 190 Å². The van der Waals surface area contributed by atoms with E-state index in [0.717, 1.165) is 17.2 Å².